The van der Waals surface area contributed by atoms with Crippen molar-refractivity contribution in [3.63, 3.8) is 0 Å². The van der Waals surface area contributed by atoms with Crippen LogP contribution in [0.15, 0.2) is 18.2 Å². The van der Waals surface area contributed by atoms with Crippen molar-refractivity contribution in [2.45, 2.75) is 38.3 Å². The van der Waals surface area contributed by atoms with Crippen molar-refractivity contribution in [3.05, 3.63) is 28.8 Å². The Hall–Kier alpha value is -1.95. The van der Waals surface area contributed by atoms with Crippen molar-refractivity contribution < 1.29 is 14.3 Å². The molecule has 0 atom stereocenters. The number of nitrogens with one attached hydrogen (secondary N) is 2. The first-order chi connectivity index (χ1) is 11.6. The molecule has 0 spiro atoms. The van der Waals surface area contributed by atoms with Gasteiger partial charge in [0.25, 0.3) is 5.91 Å². The van der Waals surface area contributed by atoms with Crippen LogP contribution in [0.5, 0.6) is 5.75 Å². The van der Waals surface area contributed by atoms with Crippen LogP contribution in [-0.2, 0) is 11.3 Å². The molecular formula is C17H22ClN3O3. The van der Waals surface area contributed by atoms with E-state index in [0.29, 0.717) is 30.4 Å². The van der Waals surface area contributed by atoms with Gasteiger partial charge in [0.15, 0.2) is 6.61 Å². The fourth-order valence-corrected chi connectivity index (χ4v) is 3.35. The second-order valence-electron chi connectivity index (χ2n) is 6.24. The van der Waals surface area contributed by atoms with Gasteiger partial charge in [-0.2, -0.15) is 0 Å². The van der Waals surface area contributed by atoms with Gasteiger partial charge in [0.2, 0.25) is 0 Å². The van der Waals surface area contributed by atoms with Crippen molar-refractivity contribution in [1.29, 1.82) is 0 Å². The third-order valence-corrected chi connectivity index (χ3v) is 4.68. The van der Waals surface area contributed by atoms with Gasteiger partial charge in [0.05, 0.1) is 0 Å². The van der Waals surface area contributed by atoms with Gasteiger partial charge in [-0.05, 0) is 31.0 Å². The van der Waals surface area contributed by atoms with Gasteiger partial charge in [0, 0.05) is 36.3 Å². The Morgan fingerprint density at radius 2 is 2.12 bits per heavy atom. The normalized spacial score (nSPS) is 17.9. The van der Waals surface area contributed by atoms with E-state index in [0.717, 1.165) is 18.4 Å². The smallest absolute Gasteiger partial charge is 0.315 e. The first-order valence-electron chi connectivity index (χ1n) is 8.35. The molecule has 0 bridgehead atoms. The van der Waals surface area contributed by atoms with E-state index in [9.17, 15) is 9.59 Å². The van der Waals surface area contributed by atoms with Gasteiger partial charge in [-0.25, -0.2) is 4.79 Å². The van der Waals surface area contributed by atoms with E-state index < -0.39 is 0 Å². The Bertz CT molecular complexity index is 617. The van der Waals surface area contributed by atoms with Crippen LogP contribution >= 0.6 is 11.6 Å². The molecule has 1 aromatic rings. The lowest BCUT2D eigenvalue weighted by molar-refractivity contribution is -0.133. The van der Waals surface area contributed by atoms with Crippen LogP contribution in [-0.4, -0.2) is 42.6 Å². The number of urea groups is 1. The Kier molecular flexibility index (Phi) is 5.45. The quantitative estimate of drug-likeness (QED) is 0.874. The Labute approximate surface area is 146 Å². The van der Waals surface area contributed by atoms with Gasteiger partial charge in [-0.3, -0.25) is 4.79 Å². The van der Waals surface area contributed by atoms with E-state index >= 15 is 0 Å². The summed E-state index contributed by atoms with van der Waals surface area (Å²) in [6, 6.07) is 5.45. The molecule has 2 aliphatic rings. The van der Waals surface area contributed by atoms with E-state index in [-0.39, 0.29) is 24.6 Å². The SMILES string of the molecule is O=C(NCCN1Cc2cc(Cl)ccc2OCC1=O)NC1CCCC1. The first-order valence-corrected chi connectivity index (χ1v) is 8.73. The fraction of sp³-hybridized carbons (Fsp3) is 0.529. The van der Waals surface area contributed by atoms with Crippen molar-refractivity contribution in [1.82, 2.24) is 15.5 Å². The molecule has 2 N–H and O–H groups in total. The number of amides is 3. The average molecular weight is 352 g/mol. The minimum atomic E-state index is -0.163. The van der Waals surface area contributed by atoms with Gasteiger partial charge < -0.3 is 20.3 Å². The highest BCUT2D eigenvalue weighted by Crippen LogP contribution is 2.26. The number of hydrogen-bond acceptors (Lipinski definition) is 3. The molecule has 3 rings (SSSR count). The molecule has 1 aliphatic carbocycles. The molecule has 130 valence electrons. The lowest BCUT2D eigenvalue weighted by Gasteiger charge is -2.21. The molecule has 3 amide bonds. The number of carbonyl (C=O) groups is 2. The maximum Gasteiger partial charge on any atom is 0.315 e. The maximum atomic E-state index is 12.2. The Balaban J connectivity index is 1.50. The maximum absolute atomic E-state index is 12.2. The molecule has 0 unspecified atom stereocenters. The molecule has 1 aliphatic heterocycles. The van der Waals surface area contributed by atoms with E-state index in [1.165, 1.54) is 12.8 Å². The summed E-state index contributed by atoms with van der Waals surface area (Å²) >= 11 is 6.02. The summed E-state index contributed by atoms with van der Waals surface area (Å²) in [4.78, 5) is 25.7. The fourth-order valence-electron chi connectivity index (χ4n) is 3.15. The van der Waals surface area contributed by atoms with E-state index in [2.05, 4.69) is 10.6 Å². The van der Waals surface area contributed by atoms with Crippen molar-refractivity contribution in [2.75, 3.05) is 19.7 Å². The molecule has 6 nitrogen and oxygen atoms in total. The van der Waals surface area contributed by atoms with Crippen molar-refractivity contribution >= 4 is 23.5 Å². The Morgan fingerprint density at radius 1 is 1.33 bits per heavy atom. The van der Waals surface area contributed by atoms with Crippen LogP contribution in [0, 0.1) is 0 Å². The lowest BCUT2D eigenvalue weighted by atomic mass is 10.2. The monoisotopic (exact) mass is 351 g/mol. The summed E-state index contributed by atoms with van der Waals surface area (Å²) in [6.07, 6.45) is 4.45. The molecule has 24 heavy (non-hydrogen) atoms. The van der Waals surface area contributed by atoms with Gasteiger partial charge in [-0.1, -0.05) is 24.4 Å². The standard InChI is InChI=1S/C17H22ClN3O3/c18-13-5-6-15-12(9-13)10-21(16(22)11-24-15)8-7-19-17(23)20-14-3-1-2-4-14/h5-6,9,14H,1-4,7-8,10-11H2,(H2,19,20,23). The molecule has 0 aromatic heterocycles. The zero-order valence-corrected chi connectivity index (χ0v) is 14.3. The first kappa shape index (κ1) is 16.9. The summed E-state index contributed by atoms with van der Waals surface area (Å²) in [6.45, 7) is 1.27. The second-order valence-corrected chi connectivity index (χ2v) is 6.67. The van der Waals surface area contributed by atoms with Gasteiger partial charge >= 0.3 is 6.03 Å². The van der Waals surface area contributed by atoms with Crippen LogP contribution in [0.3, 0.4) is 0 Å². The van der Waals surface area contributed by atoms with Crippen LogP contribution in [0.25, 0.3) is 0 Å². The number of carbonyl (C=O) groups excluding carboxylic acids is 2. The zero-order valence-electron chi connectivity index (χ0n) is 13.5. The molecular weight excluding hydrogens is 330 g/mol. The van der Waals surface area contributed by atoms with Crippen LogP contribution in [0.2, 0.25) is 5.02 Å². The van der Waals surface area contributed by atoms with E-state index in [1.54, 1.807) is 17.0 Å². The van der Waals surface area contributed by atoms with E-state index in [1.807, 2.05) is 6.07 Å². The summed E-state index contributed by atoms with van der Waals surface area (Å²) < 4.78 is 5.51. The number of fused-ring (bicyclic) bond motifs is 1. The third kappa shape index (κ3) is 4.32. The van der Waals surface area contributed by atoms with Crippen molar-refractivity contribution in [3.8, 4) is 5.75 Å². The van der Waals surface area contributed by atoms with Crippen LogP contribution < -0.4 is 15.4 Å². The highest BCUT2D eigenvalue weighted by Gasteiger charge is 2.22. The van der Waals surface area contributed by atoms with E-state index in [4.69, 9.17) is 16.3 Å². The topological polar surface area (TPSA) is 70.7 Å². The number of rotatable bonds is 4. The molecule has 0 saturated heterocycles. The van der Waals surface area contributed by atoms with Crippen molar-refractivity contribution in [2.24, 2.45) is 0 Å². The minimum Gasteiger partial charge on any atom is -0.483 e. The number of halogens is 1. The number of nitrogens with zero attached hydrogens (tertiary/aromatic N) is 1. The second kappa shape index (κ2) is 7.75. The largest absolute Gasteiger partial charge is 0.483 e. The molecule has 7 heteroatoms. The highest BCUT2D eigenvalue weighted by molar-refractivity contribution is 6.30. The van der Waals surface area contributed by atoms with Gasteiger partial charge in [-0.15, -0.1) is 0 Å². The summed E-state index contributed by atoms with van der Waals surface area (Å²) in [5, 5.41) is 6.40. The number of benzene rings is 1. The predicted molar refractivity (Wildman–Crippen MR) is 91.2 cm³/mol. The molecule has 0 radical (unpaired) electrons. The molecule has 1 saturated carbocycles. The summed E-state index contributed by atoms with van der Waals surface area (Å²) in [5.41, 5.74) is 0.878. The number of hydrogen-bond donors (Lipinski definition) is 2. The Morgan fingerprint density at radius 3 is 2.92 bits per heavy atom. The zero-order chi connectivity index (χ0) is 16.9. The number of ether oxygens (including phenoxy) is 1. The van der Waals surface area contributed by atoms with Crippen LogP contribution in [0.4, 0.5) is 4.79 Å². The minimum absolute atomic E-state index is 0.00288. The predicted octanol–water partition coefficient (Wildman–Crippen LogP) is 2.30. The summed E-state index contributed by atoms with van der Waals surface area (Å²) in [5.74, 6) is 0.586. The molecule has 1 fully saturated rings. The highest BCUT2D eigenvalue weighted by atomic mass is 35.5. The van der Waals surface area contributed by atoms with Crippen LogP contribution in [0.1, 0.15) is 31.2 Å². The lowest BCUT2D eigenvalue weighted by Crippen LogP contribution is -2.44. The summed E-state index contributed by atoms with van der Waals surface area (Å²) in [7, 11) is 0. The molecule has 1 aromatic carbocycles. The average Bonchev–Trinajstić information content (AvgIpc) is 3.00. The molecule has 1 heterocycles. The third-order valence-electron chi connectivity index (χ3n) is 4.45. The van der Waals surface area contributed by atoms with Gasteiger partial charge in [0.1, 0.15) is 5.75 Å².